The minimum Gasteiger partial charge on any atom is -0.330 e. The monoisotopic (exact) mass is 319 g/mol. The average molecular weight is 319 g/mol. The van der Waals surface area contributed by atoms with E-state index in [-0.39, 0.29) is 6.04 Å². The van der Waals surface area contributed by atoms with E-state index in [2.05, 4.69) is 40.8 Å². The number of carbonyl (C=O) groups is 1. The van der Waals surface area contributed by atoms with Crippen LogP contribution in [-0.4, -0.2) is 17.4 Å². The molecule has 1 aliphatic rings. The first-order valence-electron chi connectivity index (χ1n) is 7.70. The third-order valence-corrected chi connectivity index (χ3v) is 6.01. The van der Waals surface area contributed by atoms with Crippen LogP contribution in [-0.2, 0) is 11.2 Å². The van der Waals surface area contributed by atoms with Gasteiger partial charge in [-0.1, -0.05) is 25.8 Å². The van der Waals surface area contributed by atoms with Crippen LogP contribution in [0.15, 0.2) is 29.0 Å². The molecule has 0 aliphatic carbocycles. The summed E-state index contributed by atoms with van der Waals surface area (Å²) in [5.41, 5.74) is 1.34. The summed E-state index contributed by atoms with van der Waals surface area (Å²) in [7, 11) is 0. The molecule has 0 N–H and O–H groups in total. The summed E-state index contributed by atoms with van der Waals surface area (Å²) in [5.74, 6) is 0.318. The van der Waals surface area contributed by atoms with Crippen molar-refractivity contribution < 1.29 is 4.79 Å². The van der Waals surface area contributed by atoms with Gasteiger partial charge in [-0.2, -0.15) is 0 Å². The Balaban J connectivity index is 1.84. The van der Waals surface area contributed by atoms with E-state index < -0.39 is 0 Å². The van der Waals surface area contributed by atoms with E-state index in [1.54, 1.807) is 11.3 Å². The van der Waals surface area contributed by atoms with Gasteiger partial charge in [0.05, 0.1) is 6.04 Å². The number of fused-ring (bicyclic) bond motifs is 1. The topological polar surface area (TPSA) is 20.3 Å². The highest BCUT2D eigenvalue weighted by Crippen LogP contribution is 2.39. The normalized spacial score (nSPS) is 17.8. The van der Waals surface area contributed by atoms with Crippen LogP contribution in [0.2, 0.25) is 0 Å². The fraction of sp³-hybridized carbons (Fsp3) is 0.471. The van der Waals surface area contributed by atoms with Crippen molar-refractivity contribution in [3.05, 3.63) is 44.3 Å². The molecule has 112 valence electrons. The fourth-order valence-corrected chi connectivity index (χ4v) is 4.77. The van der Waals surface area contributed by atoms with Gasteiger partial charge in [0.25, 0.3) is 0 Å². The predicted molar refractivity (Wildman–Crippen MR) is 90.0 cm³/mol. The van der Waals surface area contributed by atoms with Gasteiger partial charge >= 0.3 is 0 Å². The van der Waals surface area contributed by atoms with Crippen molar-refractivity contribution in [1.82, 2.24) is 4.90 Å². The number of amides is 1. The third kappa shape index (κ3) is 3.06. The van der Waals surface area contributed by atoms with Gasteiger partial charge in [0, 0.05) is 22.7 Å². The highest BCUT2D eigenvalue weighted by atomic mass is 32.1. The van der Waals surface area contributed by atoms with Gasteiger partial charge in [-0.3, -0.25) is 4.79 Å². The molecule has 0 radical (unpaired) electrons. The Hall–Kier alpha value is -1.13. The van der Waals surface area contributed by atoms with Crippen LogP contribution in [0.5, 0.6) is 0 Å². The highest BCUT2D eigenvalue weighted by Gasteiger charge is 2.32. The van der Waals surface area contributed by atoms with Gasteiger partial charge in [0.15, 0.2) is 0 Å². The van der Waals surface area contributed by atoms with Gasteiger partial charge in [-0.05, 0) is 41.3 Å². The summed E-state index contributed by atoms with van der Waals surface area (Å²) in [6.45, 7) is 3.04. The second kappa shape index (κ2) is 6.75. The molecule has 1 atom stereocenters. The summed E-state index contributed by atoms with van der Waals surface area (Å²) >= 11 is 3.58. The maximum Gasteiger partial charge on any atom is 0.223 e. The number of rotatable bonds is 5. The van der Waals surface area contributed by atoms with E-state index >= 15 is 0 Å². The molecular formula is C17H21NOS2. The van der Waals surface area contributed by atoms with E-state index in [1.165, 1.54) is 15.3 Å². The third-order valence-electron chi connectivity index (χ3n) is 4.09. The summed E-state index contributed by atoms with van der Waals surface area (Å²) in [4.78, 5) is 17.5. The Morgan fingerprint density at radius 1 is 1.29 bits per heavy atom. The van der Waals surface area contributed by atoms with Gasteiger partial charge in [-0.25, -0.2) is 0 Å². The molecule has 4 heteroatoms. The molecule has 21 heavy (non-hydrogen) atoms. The Labute approximate surface area is 134 Å². The molecule has 1 unspecified atom stereocenters. The first-order chi connectivity index (χ1) is 10.3. The lowest BCUT2D eigenvalue weighted by molar-refractivity contribution is -0.133. The Morgan fingerprint density at radius 2 is 2.19 bits per heavy atom. The van der Waals surface area contributed by atoms with Crippen LogP contribution in [0, 0.1) is 0 Å². The molecule has 1 aliphatic heterocycles. The first-order valence-corrected chi connectivity index (χ1v) is 9.46. The van der Waals surface area contributed by atoms with Gasteiger partial charge in [0.2, 0.25) is 5.91 Å². The second-order valence-corrected chi connectivity index (χ2v) is 7.49. The van der Waals surface area contributed by atoms with Crippen LogP contribution in [0.25, 0.3) is 0 Å². The molecule has 1 amide bonds. The van der Waals surface area contributed by atoms with Crippen LogP contribution in [0.4, 0.5) is 0 Å². The Kier molecular flexibility index (Phi) is 4.76. The molecule has 0 saturated carbocycles. The molecule has 0 bridgehead atoms. The SMILES string of the molecule is CCCCCC(=O)N1CCc2sccc2C1c1cccs1. The van der Waals surface area contributed by atoms with Crippen LogP contribution in [0.1, 0.15) is 54.0 Å². The van der Waals surface area contributed by atoms with Crippen molar-refractivity contribution >= 4 is 28.6 Å². The quantitative estimate of drug-likeness (QED) is 0.720. The minimum absolute atomic E-state index is 0.147. The van der Waals surface area contributed by atoms with Crippen molar-refractivity contribution in [2.24, 2.45) is 0 Å². The highest BCUT2D eigenvalue weighted by molar-refractivity contribution is 7.10. The van der Waals surface area contributed by atoms with Crippen molar-refractivity contribution in [2.45, 2.75) is 45.1 Å². The molecule has 3 rings (SSSR count). The van der Waals surface area contributed by atoms with E-state index in [0.29, 0.717) is 12.3 Å². The Morgan fingerprint density at radius 3 is 2.95 bits per heavy atom. The number of thiophene rings is 2. The zero-order valence-electron chi connectivity index (χ0n) is 12.4. The smallest absolute Gasteiger partial charge is 0.223 e. The van der Waals surface area contributed by atoms with Crippen molar-refractivity contribution in [1.29, 1.82) is 0 Å². The summed E-state index contributed by atoms with van der Waals surface area (Å²) in [6.07, 6.45) is 5.02. The van der Waals surface area contributed by atoms with Crippen LogP contribution >= 0.6 is 22.7 Å². The van der Waals surface area contributed by atoms with Crippen LogP contribution in [0.3, 0.4) is 0 Å². The Bertz CT molecular complexity index is 588. The van der Waals surface area contributed by atoms with Crippen molar-refractivity contribution in [3.63, 3.8) is 0 Å². The van der Waals surface area contributed by atoms with Crippen molar-refractivity contribution in [2.75, 3.05) is 6.54 Å². The van der Waals surface area contributed by atoms with Gasteiger partial charge < -0.3 is 4.90 Å². The summed E-state index contributed by atoms with van der Waals surface area (Å²) < 4.78 is 0. The molecular weight excluding hydrogens is 298 g/mol. The van der Waals surface area contributed by atoms with E-state index in [9.17, 15) is 4.79 Å². The first kappa shape index (κ1) is 14.8. The number of unbranched alkanes of at least 4 members (excludes halogenated alkanes) is 2. The number of carbonyl (C=O) groups excluding carboxylic acids is 1. The number of hydrogen-bond acceptors (Lipinski definition) is 3. The lowest BCUT2D eigenvalue weighted by Crippen LogP contribution is -2.39. The largest absolute Gasteiger partial charge is 0.330 e. The number of hydrogen-bond donors (Lipinski definition) is 0. The molecule has 3 heterocycles. The maximum absolute atomic E-state index is 12.6. The van der Waals surface area contributed by atoms with Gasteiger partial charge in [-0.15, -0.1) is 22.7 Å². The van der Waals surface area contributed by atoms with Gasteiger partial charge in [0.1, 0.15) is 0 Å². The summed E-state index contributed by atoms with van der Waals surface area (Å²) in [5, 5.41) is 4.27. The van der Waals surface area contributed by atoms with E-state index in [4.69, 9.17) is 0 Å². The molecule has 2 aromatic heterocycles. The maximum atomic E-state index is 12.6. The zero-order valence-corrected chi connectivity index (χ0v) is 14.0. The lowest BCUT2D eigenvalue weighted by atomic mass is 9.97. The predicted octanol–water partition coefficient (Wildman–Crippen LogP) is 4.86. The van der Waals surface area contributed by atoms with Crippen molar-refractivity contribution in [3.8, 4) is 0 Å². The molecule has 0 saturated heterocycles. The standard InChI is InChI=1S/C17H21NOS2/c1-2-3-4-7-16(19)18-10-8-14-13(9-12-21-14)17(18)15-6-5-11-20-15/h5-6,9,11-12,17H,2-4,7-8,10H2,1H3. The average Bonchev–Trinajstić information content (AvgIpc) is 3.17. The lowest BCUT2D eigenvalue weighted by Gasteiger charge is -2.35. The zero-order chi connectivity index (χ0) is 14.7. The molecule has 0 spiro atoms. The molecule has 0 aromatic carbocycles. The molecule has 2 nitrogen and oxygen atoms in total. The van der Waals surface area contributed by atoms with E-state index in [0.717, 1.165) is 32.2 Å². The fourth-order valence-electron chi connectivity index (χ4n) is 3.01. The molecule has 2 aromatic rings. The minimum atomic E-state index is 0.147. The summed E-state index contributed by atoms with van der Waals surface area (Å²) in [6, 6.07) is 6.60. The molecule has 0 fully saturated rings. The second-order valence-electron chi connectivity index (χ2n) is 5.51. The number of nitrogens with zero attached hydrogens (tertiary/aromatic N) is 1. The van der Waals surface area contributed by atoms with E-state index in [1.807, 2.05) is 11.3 Å². The van der Waals surface area contributed by atoms with Crippen LogP contribution < -0.4 is 0 Å².